The summed E-state index contributed by atoms with van der Waals surface area (Å²) in [5, 5.41) is 6.62. The predicted octanol–water partition coefficient (Wildman–Crippen LogP) is 2.07. The molecule has 1 unspecified atom stereocenters. The molecular formula is C15H20FN5O2. The Kier molecular flexibility index (Phi) is 6.34. The van der Waals surface area contributed by atoms with Gasteiger partial charge in [-0.15, -0.1) is 0 Å². The summed E-state index contributed by atoms with van der Waals surface area (Å²) in [7, 11) is 1.43. The van der Waals surface area contributed by atoms with Crippen LogP contribution in [-0.2, 0) is 4.74 Å². The van der Waals surface area contributed by atoms with Gasteiger partial charge in [-0.1, -0.05) is 17.2 Å². The van der Waals surface area contributed by atoms with Crippen molar-refractivity contribution in [3.63, 3.8) is 0 Å². The van der Waals surface area contributed by atoms with Gasteiger partial charge in [0.05, 0.1) is 12.1 Å². The molecule has 2 atom stereocenters. The molecule has 2 rings (SSSR count). The molecular weight excluding hydrogens is 301 g/mol. The number of benzene rings is 1. The molecule has 1 aliphatic rings. The first-order valence-corrected chi connectivity index (χ1v) is 7.44. The van der Waals surface area contributed by atoms with E-state index in [9.17, 15) is 9.18 Å². The Hall–Kier alpha value is -2.15. The summed E-state index contributed by atoms with van der Waals surface area (Å²) in [4.78, 5) is 16.8. The second-order valence-corrected chi connectivity index (χ2v) is 5.25. The third-order valence-electron chi connectivity index (χ3n) is 3.85. The van der Waals surface area contributed by atoms with Crippen molar-refractivity contribution >= 4 is 5.91 Å². The van der Waals surface area contributed by atoms with E-state index in [1.54, 1.807) is 29.2 Å². The van der Waals surface area contributed by atoms with Gasteiger partial charge in [-0.05, 0) is 23.2 Å². The number of alkyl halides is 1. The molecule has 0 aromatic heterocycles. The number of hydrogen-bond acceptors (Lipinski definition) is 4. The van der Waals surface area contributed by atoms with E-state index < -0.39 is 18.8 Å². The number of piperazine rings is 1. The highest BCUT2D eigenvalue weighted by Gasteiger charge is 2.23. The molecule has 7 nitrogen and oxygen atoms in total. The Balaban J connectivity index is 2.13. The number of hydrogen-bond donors (Lipinski definition) is 1. The van der Waals surface area contributed by atoms with Crippen LogP contribution in [0.15, 0.2) is 29.4 Å². The van der Waals surface area contributed by atoms with E-state index in [2.05, 4.69) is 15.3 Å². The van der Waals surface area contributed by atoms with E-state index in [1.807, 2.05) is 0 Å². The van der Waals surface area contributed by atoms with Crippen LogP contribution in [0.2, 0.25) is 0 Å². The summed E-state index contributed by atoms with van der Waals surface area (Å²) < 4.78 is 18.3. The number of ether oxygens (including phenoxy) is 1. The molecule has 124 valence electrons. The van der Waals surface area contributed by atoms with Crippen LogP contribution in [0.3, 0.4) is 0 Å². The number of nitrogens with zero attached hydrogens (tertiary/aromatic N) is 4. The van der Waals surface area contributed by atoms with Crippen molar-refractivity contribution in [1.29, 1.82) is 0 Å². The van der Waals surface area contributed by atoms with Gasteiger partial charge in [-0.25, -0.2) is 0 Å². The Morgan fingerprint density at radius 2 is 2.09 bits per heavy atom. The third-order valence-corrected chi connectivity index (χ3v) is 3.85. The van der Waals surface area contributed by atoms with Crippen LogP contribution in [0.1, 0.15) is 22.0 Å². The van der Waals surface area contributed by atoms with Crippen LogP contribution >= 0.6 is 0 Å². The lowest BCUT2D eigenvalue weighted by Gasteiger charge is -2.27. The molecule has 0 aliphatic carbocycles. The number of halogens is 1. The summed E-state index contributed by atoms with van der Waals surface area (Å²) in [5.74, 6) is -0.0240. The van der Waals surface area contributed by atoms with Crippen LogP contribution in [0.25, 0.3) is 10.4 Å². The summed E-state index contributed by atoms with van der Waals surface area (Å²) in [6.45, 7) is 2.13. The van der Waals surface area contributed by atoms with E-state index in [4.69, 9.17) is 10.3 Å². The SMILES string of the molecule is CO[C@H](c1ccc(C(=O)N2CCNCC2)cc1)C(CF)N=[N+]=[N-]. The lowest BCUT2D eigenvalue weighted by Crippen LogP contribution is -2.46. The Bertz CT molecular complexity index is 568. The number of carbonyl (C=O) groups is 1. The molecule has 1 amide bonds. The van der Waals surface area contributed by atoms with Gasteiger partial charge in [-0.3, -0.25) is 9.18 Å². The van der Waals surface area contributed by atoms with Gasteiger partial charge < -0.3 is 15.0 Å². The first kappa shape index (κ1) is 17.2. The predicted molar refractivity (Wildman–Crippen MR) is 83.9 cm³/mol. The second-order valence-electron chi connectivity index (χ2n) is 5.25. The third kappa shape index (κ3) is 4.19. The molecule has 1 saturated heterocycles. The normalized spacial score (nSPS) is 17.2. The zero-order valence-electron chi connectivity index (χ0n) is 13.0. The molecule has 1 aliphatic heterocycles. The first-order chi connectivity index (χ1) is 11.2. The van der Waals surface area contributed by atoms with Gasteiger partial charge in [0, 0.05) is 43.8 Å². The molecule has 0 bridgehead atoms. The Morgan fingerprint density at radius 1 is 1.43 bits per heavy atom. The lowest BCUT2D eigenvalue weighted by atomic mass is 10.0. The maximum absolute atomic E-state index is 13.0. The minimum atomic E-state index is -0.931. The number of rotatable bonds is 6. The van der Waals surface area contributed by atoms with Crippen LogP contribution in [-0.4, -0.2) is 56.8 Å². The fraction of sp³-hybridized carbons (Fsp3) is 0.533. The van der Waals surface area contributed by atoms with Crippen molar-refractivity contribution in [2.45, 2.75) is 12.1 Å². The zero-order chi connectivity index (χ0) is 16.7. The van der Waals surface area contributed by atoms with Crippen LogP contribution in [0.4, 0.5) is 4.39 Å². The first-order valence-electron chi connectivity index (χ1n) is 7.44. The van der Waals surface area contributed by atoms with Gasteiger partial charge in [0.1, 0.15) is 6.67 Å². The molecule has 1 N–H and O–H groups in total. The van der Waals surface area contributed by atoms with Crippen molar-refractivity contribution in [1.82, 2.24) is 10.2 Å². The van der Waals surface area contributed by atoms with Crippen molar-refractivity contribution in [3.05, 3.63) is 45.8 Å². The van der Waals surface area contributed by atoms with Crippen molar-refractivity contribution in [2.75, 3.05) is 40.0 Å². The van der Waals surface area contributed by atoms with E-state index in [0.29, 0.717) is 24.2 Å². The number of methoxy groups -OCH3 is 1. The highest BCUT2D eigenvalue weighted by Crippen LogP contribution is 2.24. The van der Waals surface area contributed by atoms with Crippen molar-refractivity contribution in [2.24, 2.45) is 5.11 Å². The highest BCUT2D eigenvalue weighted by atomic mass is 19.1. The summed E-state index contributed by atoms with van der Waals surface area (Å²) in [6, 6.07) is 5.87. The number of nitrogens with one attached hydrogen (secondary N) is 1. The van der Waals surface area contributed by atoms with Crippen molar-refractivity contribution < 1.29 is 13.9 Å². The largest absolute Gasteiger partial charge is 0.376 e. The number of amides is 1. The van der Waals surface area contributed by atoms with Gasteiger partial charge in [0.25, 0.3) is 5.91 Å². The summed E-state index contributed by atoms with van der Waals surface area (Å²) in [6.07, 6.45) is -0.681. The highest BCUT2D eigenvalue weighted by molar-refractivity contribution is 5.94. The molecule has 0 radical (unpaired) electrons. The Morgan fingerprint density at radius 3 is 2.61 bits per heavy atom. The molecule has 23 heavy (non-hydrogen) atoms. The molecule has 0 saturated carbocycles. The van der Waals surface area contributed by atoms with Gasteiger partial charge in [0.15, 0.2) is 0 Å². The van der Waals surface area contributed by atoms with Crippen molar-refractivity contribution in [3.8, 4) is 0 Å². The fourth-order valence-electron chi connectivity index (χ4n) is 2.62. The molecule has 1 aromatic carbocycles. The van der Waals surface area contributed by atoms with Gasteiger partial charge >= 0.3 is 0 Å². The topological polar surface area (TPSA) is 90.3 Å². The minimum absolute atomic E-state index is 0.0240. The van der Waals surface area contributed by atoms with Crippen LogP contribution in [0, 0.1) is 0 Å². The summed E-state index contributed by atoms with van der Waals surface area (Å²) in [5.41, 5.74) is 9.74. The molecule has 1 heterocycles. The standard InChI is InChI=1S/C15H20FN5O2/c1-23-14(13(10-16)19-20-17)11-2-4-12(5-3-11)15(22)21-8-6-18-7-9-21/h2-5,13-14,18H,6-10H2,1H3/t13?,14-/m1/s1. The minimum Gasteiger partial charge on any atom is -0.376 e. The average molecular weight is 321 g/mol. The smallest absolute Gasteiger partial charge is 0.253 e. The average Bonchev–Trinajstić information content (AvgIpc) is 2.62. The fourth-order valence-corrected chi connectivity index (χ4v) is 2.62. The maximum Gasteiger partial charge on any atom is 0.253 e. The number of azide groups is 1. The van der Waals surface area contributed by atoms with E-state index in [1.165, 1.54) is 7.11 Å². The maximum atomic E-state index is 13.0. The van der Waals surface area contributed by atoms with E-state index in [0.717, 1.165) is 13.1 Å². The van der Waals surface area contributed by atoms with Gasteiger partial charge in [-0.2, -0.15) is 0 Å². The quantitative estimate of drug-likeness (QED) is 0.494. The molecule has 1 fully saturated rings. The molecule has 1 aromatic rings. The lowest BCUT2D eigenvalue weighted by molar-refractivity contribution is 0.0714. The molecule has 0 spiro atoms. The summed E-state index contributed by atoms with van der Waals surface area (Å²) >= 11 is 0. The van der Waals surface area contributed by atoms with Crippen LogP contribution < -0.4 is 5.32 Å². The van der Waals surface area contributed by atoms with Gasteiger partial charge in [0.2, 0.25) is 0 Å². The molecule has 8 heteroatoms. The Labute approximate surface area is 134 Å². The second kappa shape index (κ2) is 8.47. The number of carbonyl (C=O) groups excluding carboxylic acids is 1. The van der Waals surface area contributed by atoms with E-state index in [-0.39, 0.29) is 5.91 Å². The van der Waals surface area contributed by atoms with Crippen LogP contribution in [0.5, 0.6) is 0 Å². The zero-order valence-corrected chi connectivity index (χ0v) is 13.0. The monoisotopic (exact) mass is 321 g/mol. The van der Waals surface area contributed by atoms with E-state index >= 15 is 0 Å².